The van der Waals surface area contributed by atoms with Gasteiger partial charge < -0.3 is 9.80 Å². The normalized spacial score (nSPS) is 20.7. The molecule has 2 aromatic carbocycles. The van der Waals surface area contributed by atoms with Gasteiger partial charge in [-0.25, -0.2) is 4.39 Å². The molecule has 13 heteroatoms. The molecule has 232 valence electrons. The number of halogens is 8. The van der Waals surface area contributed by atoms with Crippen LogP contribution in [0.2, 0.25) is 0 Å². The van der Waals surface area contributed by atoms with Gasteiger partial charge in [0.05, 0.1) is 11.1 Å². The fourth-order valence-corrected chi connectivity index (χ4v) is 5.91. The van der Waals surface area contributed by atoms with Crippen LogP contribution in [0.15, 0.2) is 36.4 Å². The van der Waals surface area contributed by atoms with Crippen LogP contribution in [0, 0.1) is 12.7 Å². The summed E-state index contributed by atoms with van der Waals surface area (Å²) in [5.41, 5.74) is -2.84. The molecule has 0 radical (unpaired) electrons. The van der Waals surface area contributed by atoms with E-state index in [4.69, 9.17) is 0 Å². The molecule has 2 aliphatic heterocycles. The SMILES string of the molecule is CC(=O)N1CCC(N2CCC(N(C)C(=O)c3cc(C(F)(F)F)cc(C(F)(F)F)c3)C(c3ccc(C)c(F)c3)C2)CC1.Cl. The van der Waals surface area contributed by atoms with Crippen LogP contribution in [0.4, 0.5) is 30.7 Å². The number of hydrogen-bond acceptors (Lipinski definition) is 3. The monoisotopic (exact) mass is 623 g/mol. The third-order valence-corrected chi connectivity index (χ3v) is 8.31. The molecule has 0 aliphatic carbocycles. The van der Waals surface area contributed by atoms with Gasteiger partial charge in [-0.15, -0.1) is 12.4 Å². The summed E-state index contributed by atoms with van der Waals surface area (Å²) in [6.07, 6.45) is -8.32. The average molecular weight is 624 g/mol. The largest absolute Gasteiger partial charge is 0.416 e. The van der Waals surface area contributed by atoms with Gasteiger partial charge in [0.25, 0.3) is 5.91 Å². The van der Waals surface area contributed by atoms with Crippen LogP contribution in [0.1, 0.15) is 64.7 Å². The van der Waals surface area contributed by atoms with E-state index in [2.05, 4.69) is 4.90 Å². The third-order valence-electron chi connectivity index (χ3n) is 8.31. The number of benzene rings is 2. The summed E-state index contributed by atoms with van der Waals surface area (Å²) in [7, 11) is 1.36. The van der Waals surface area contributed by atoms with Gasteiger partial charge in [-0.05, 0) is 61.6 Å². The molecule has 2 heterocycles. The molecule has 0 bridgehead atoms. The predicted molar refractivity (Wildman–Crippen MR) is 145 cm³/mol. The smallest absolute Gasteiger partial charge is 0.343 e. The van der Waals surface area contributed by atoms with Crippen LogP contribution in [0.3, 0.4) is 0 Å². The molecule has 0 aromatic heterocycles. The molecule has 2 unspecified atom stereocenters. The Morgan fingerprint density at radius 2 is 1.45 bits per heavy atom. The summed E-state index contributed by atoms with van der Waals surface area (Å²) in [4.78, 5) is 30.4. The zero-order chi connectivity index (χ0) is 30.3. The standard InChI is InChI=1S/C29H32F7N3O2.ClH/c1-17-4-5-19(14-25(17)30)24-16-39(23-6-9-38(10-7-23)18(2)40)11-8-26(24)37(3)27(41)20-12-21(28(31,32)33)15-22(13-20)29(34,35)36;/h4-5,12-15,23-24,26H,6-11,16H2,1-3H3;1H. The average Bonchev–Trinajstić information content (AvgIpc) is 2.92. The molecule has 0 saturated carbocycles. The van der Waals surface area contributed by atoms with Gasteiger partial charge in [0.1, 0.15) is 5.82 Å². The van der Waals surface area contributed by atoms with E-state index in [1.165, 1.54) is 24.9 Å². The minimum Gasteiger partial charge on any atom is -0.343 e. The highest BCUT2D eigenvalue weighted by atomic mass is 35.5. The Kier molecular flexibility index (Phi) is 10.2. The molecule has 2 aliphatic rings. The van der Waals surface area contributed by atoms with E-state index < -0.39 is 52.7 Å². The number of alkyl halides is 6. The number of carbonyl (C=O) groups is 2. The molecular weight excluding hydrogens is 591 g/mol. The second kappa shape index (κ2) is 12.8. The number of likely N-dealkylation sites (tertiary alicyclic amines) is 2. The zero-order valence-corrected chi connectivity index (χ0v) is 24.2. The lowest BCUT2D eigenvalue weighted by molar-refractivity contribution is -0.143. The van der Waals surface area contributed by atoms with Gasteiger partial charge in [-0.3, -0.25) is 14.5 Å². The van der Waals surface area contributed by atoms with E-state index in [0.717, 1.165) is 12.8 Å². The van der Waals surface area contributed by atoms with Gasteiger partial charge >= 0.3 is 12.4 Å². The topological polar surface area (TPSA) is 43.9 Å². The summed E-state index contributed by atoms with van der Waals surface area (Å²) in [6, 6.07) is 5.12. The maximum absolute atomic E-state index is 14.6. The van der Waals surface area contributed by atoms with Crippen LogP contribution < -0.4 is 0 Å². The number of aryl methyl sites for hydroxylation is 1. The minimum atomic E-state index is -5.08. The van der Waals surface area contributed by atoms with Crippen molar-refractivity contribution in [3.05, 3.63) is 70.0 Å². The molecule has 42 heavy (non-hydrogen) atoms. The molecule has 0 N–H and O–H groups in total. The second-order valence-electron chi connectivity index (χ2n) is 10.9. The summed E-state index contributed by atoms with van der Waals surface area (Å²) < 4.78 is 95.3. The second-order valence-corrected chi connectivity index (χ2v) is 10.9. The van der Waals surface area contributed by atoms with Crippen molar-refractivity contribution >= 4 is 24.2 Å². The predicted octanol–water partition coefficient (Wildman–Crippen LogP) is 6.53. The number of carbonyl (C=O) groups excluding carboxylic acids is 2. The number of piperidine rings is 2. The highest BCUT2D eigenvalue weighted by Gasteiger charge is 2.41. The first kappa shape index (κ1) is 33.6. The Morgan fingerprint density at radius 3 is 1.95 bits per heavy atom. The van der Waals surface area contributed by atoms with Gasteiger partial charge in [0.2, 0.25) is 5.91 Å². The number of hydrogen-bond donors (Lipinski definition) is 0. The fourth-order valence-electron chi connectivity index (χ4n) is 5.91. The van der Waals surface area contributed by atoms with Crippen molar-refractivity contribution in [1.82, 2.24) is 14.7 Å². The maximum atomic E-state index is 14.6. The van der Waals surface area contributed by atoms with Crippen LogP contribution in [-0.2, 0) is 17.1 Å². The Labute approximate surface area is 246 Å². The van der Waals surface area contributed by atoms with E-state index in [1.54, 1.807) is 24.0 Å². The lowest BCUT2D eigenvalue weighted by atomic mass is 9.83. The summed E-state index contributed by atoms with van der Waals surface area (Å²) in [5, 5.41) is 0. The van der Waals surface area contributed by atoms with Crippen molar-refractivity contribution in [2.24, 2.45) is 0 Å². The lowest BCUT2D eigenvalue weighted by Gasteiger charge is -2.47. The van der Waals surface area contributed by atoms with Crippen molar-refractivity contribution in [2.75, 3.05) is 33.2 Å². The van der Waals surface area contributed by atoms with E-state index in [1.807, 2.05) is 0 Å². The first-order chi connectivity index (χ1) is 19.1. The van der Waals surface area contributed by atoms with Crippen LogP contribution in [-0.4, -0.2) is 71.8 Å². The molecule has 4 rings (SSSR count). The summed E-state index contributed by atoms with van der Waals surface area (Å²) in [5.74, 6) is -1.88. The molecule has 0 spiro atoms. The van der Waals surface area contributed by atoms with Gasteiger partial charge in [-0.2, -0.15) is 26.3 Å². The highest BCUT2D eigenvalue weighted by molar-refractivity contribution is 5.95. The Morgan fingerprint density at radius 1 is 0.881 bits per heavy atom. The Bertz CT molecular complexity index is 1260. The Balaban J connectivity index is 0.00000484. The van der Waals surface area contributed by atoms with E-state index in [0.29, 0.717) is 55.9 Å². The minimum absolute atomic E-state index is 0. The van der Waals surface area contributed by atoms with Crippen molar-refractivity contribution in [3.63, 3.8) is 0 Å². The van der Waals surface area contributed by atoms with Crippen LogP contribution in [0.5, 0.6) is 0 Å². The van der Waals surface area contributed by atoms with Crippen molar-refractivity contribution in [1.29, 1.82) is 0 Å². The van der Waals surface area contributed by atoms with Gasteiger partial charge in [0, 0.05) is 63.7 Å². The van der Waals surface area contributed by atoms with Crippen molar-refractivity contribution < 1.29 is 40.3 Å². The molecule has 2 aromatic rings. The summed E-state index contributed by atoms with van der Waals surface area (Å²) in [6.45, 7) is 5.25. The van der Waals surface area contributed by atoms with E-state index in [-0.39, 0.29) is 30.4 Å². The molecule has 2 saturated heterocycles. The first-order valence-electron chi connectivity index (χ1n) is 13.4. The first-order valence-corrected chi connectivity index (χ1v) is 13.4. The molecule has 2 atom stereocenters. The van der Waals surface area contributed by atoms with Crippen molar-refractivity contribution in [3.8, 4) is 0 Å². The number of likely N-dealkylation sites (N-methyl/N-ethyl adjacent to an activating group) is 1. The molecule has 2 amide bonds. The van der Waals surface area contributed by atoms with Gasteiger partial charge in [-0.1, -0.05) is 12.1 Å². The van der Waals surface area contributed by atoms with Crippen LogP contribution >= 0.6 is 12.4 Å². The molecular formula is C29H33ClF7N3O2. The van der Waals surface area contributed by atoms with Crippen molar-refractivity contribution in [2.45, 2.75) is 63.5 Å². The number of rotatable bonds is 4. The molecule has 2 fully saturated rings. The number of amides is 2. The Hall–Kier alpha value is -2.86. The summed E-state index contributed by atoms with van der Waals surface area (Å²) >= 11 is 0. The lowest BCUT2D eigenvalue weighted by Crippen LogP contribution is -2.55. The quantitative estimate of drug-likeness (QED) is 0.364. The van der Waals surface area contributed by atoms with E-state index in [9.17, 15) is 40.3 Å². The molecule has 5 nitrogen and oxygen atoms in total. The third kappa shape index (κ3) is 7.37. The zero-order valence-electron chi connectivity index (χ0n) is 23.4. The maximum Gasteiger partial charge on any atom is 0.416 e. The number of nitrogens with zero attached hydrogens (tertiary/aromatic N) is 3. The fraction of sp³-hybridized carbons (Fsp3) is 0.517. The highest BCUT2D eigenvalue weighted by Crippen LogP contribution is 2.38. The van der Waals surface area contributed by atoms with E-state index >= 15 is 0 Å². The van der Waals surface area contributed by atoms with Crippen LogP contribution in [0.25, 0.3) is 0 Å². The van der Waals surface area contributed by atoms with Gasteiger partial charge in [0.15, 0.2) is 0 Å².